The monoisotopic (exact) mass is 371 g/mol. The molecule has 0 bridgehead atoms. The SMILES string of the molecule is CCn1ccnc1CC(N)c1ccc(Br)cc1Br. The number of benzene rings is 1. The zero-order chi connectivity index (χ0) is 13.1. The molecule has 96 valence electrons. The maximum Gasteiger partial charge on any atom is 0.110 e. The van der Waals surface area contributed by atoms with Gasteiger partial charge in [0.2, 0.25) is 0 Å². The van der Waals surface area contributed by atoms with Crippen molar-refractivity contribution in [2.75, 3.05) is 0 Å². The maximum atomic E-state index is 6.26. The smallest absolute Gasteiger partial charge is 0.110 e. The molecule has 0 radical (unpaired) electrons. The molecule has 5 heteroatoms. The number of nitrogens with zero attached hydrogens (tertiary/aromatic N) is 2. The first-order valence-electron chi connectivity index (χ1n) is 5.82. The van der Waals surface area contributed by atoms with Gasteiger partial charge in [-0.25, -0.2) is 4.98 Å². The lowest BCUT2D eigenvalue weighted by Crippen LogP contribution is -2.16. The first-order valence-corrected chi connectivity index (χ1v) is 7.41. The van der Waals surface area contributed by atoms with Crippen molar-refractivity contribution in [3.63, 3.8) is 0 Å². The van der Waals surface area contributed by atoms with Crippen LogP contribution in [0, 0.1) is 0 Å². The van der Waals surface area contributed by atoms with Crippen LogP contribution in [0.15, 0.2) is 39.5 Å². The lowest BCUT2D eigenvalue weighted by Gasteiger charge is -2.14. The Morgan fingerprint density at radius 1 is 1.39 bits per heavy atom. The van der Waals surface area contributed by atoms with E-state index in [2.05, 4.69) is 48.3 Å². The van der Waals surface area contributed by atoms with Crippen LogP contribution in [0.4, 0.5) is 0 Å². The molecule has 0 saturated heterocycles. The number of hydrogen-bond donors (Lipinski definition) is 1. The van der Waals surface area contributed by atoms with Gasteiger partial charge in [-0.05, 0) is 24.6 Å². The van der Waals surface area contributed by atoms with Crippen molar-refractivity contribution < 1.29 is 0 Å². The summed E-state index contributed by atoms with van der Waals surface area (Å²) >= 11 is 6.99. The highest BCUT2D eigenvalue weighted by atomic mass is 79.9. The second kappa shape index (κ2) is 5.99. The minimum absolute atomic E-state index is 0.0554. The molecule has 0 saturated carbocycles. The zero-order valence-corrected chi connectivity index (χ0v) is 13.3. The minimum atomic E-state index is -0.0554. The second-order valence-electron chi connectivity index (χ2n) is 4.11. The van der Waals surface area contributed by atoms with Gasteiger partial charge >= 0.3 is 0 Å². The molecule has 1 atom stereocenters. The van der Waals surface area contributed by atoms with Crippen molar-refractivity contribution in [3.8, 4) is 0 Å². The van der Waals surface area contributed by atoms with Crippen LogP contribution in [0.2, 0.25) is 0 Å². The van der Waals surface area contributed by atoms with Crippen LogP contribution in [0.5, 0.6) is 0 Å². The van der Waals surface area contributed by atoms with Crippen LogP contribution in [0.3, 0.4) is 0 Å². The zero-order valence-electron chi connectivity index (χ0n) is 10.1. The molecule has 0 aliphatic carbocycles. The highest BCUT2D eigenvalue weighted by Crippen LogP contribution is 2.27. The van der Waals surface area contributed by atoms with E-state index in [4.69, 9.17) is 5.73 Å². The van der Waals surface area contributed by atoms with Gasteiger partial charge in [0.05, 0.1) is 0 Å². The Morgan fingerprint density at radius 3 is 2.83 bits per heavy atom. The van der Waals surface area contributed by atoms with Crippen LogP contribution in [0.25, 0.3) is 0 Å². The molecular formula is C13H15Br2N3. The lowest BCUT2D eigenvalue weighted by atomic mass is 10.0. The fourth-order valence-corrected chi connectivity index (χ4v) is 3.27. The van der Waals surface area contributed by atoms with E-state index in [9.17, 15) is 0 Å². The van der Waals surface area contributed by atoms with Gasteiger partial charge in [-0.2, -0.15) is 0 Å². The summed E-state index contributed by atoms with van der Waals surface area (Å²) in [6.07, 6.45) is 4.54. The number of aryl methyl sites for hydroxylation is 1. The van der Waals surface area contributed by atoms with Crippen molar-refractivity contribution in [2.45, 2.75) is 25.9 Å². The van der Waals surface area contributed by atoms with E-state index < -0.39 is 0 Å². The van der Waals surface area contributed by atoms with E-state index >= 15 is 0 Å². The van der Waals surface area contributed by atoms with Crippen LogP contribution in [-0.4, -0.2) is 9.55 Å². The van der Waals surface area contributed by atoms with E-state index in [0.29, 0.717) is 0 Å². The Morgan fingerprint density at radius 2 is 2.17 bits per heavy atom. The molecule has 1 aromatic heterocycles. The Bertz CT molecular complexity index is 537. The Hall–Kier alpha value is -0.650. The standard InChI is InChI=1S/C13H15Br2N3/c1-2-18-6-5-17-13(18)8-12(16)10-4-3-9(14)7-11(10)15/h3-7,12H,2,8,16H2,1H3. The molecule has 0 spiro atoms. The molecule has 2 rings (SSSR count). The second-order valence-corrected chi connectivity index (χ2v) is 5.88. The summed E-state index contributed by atoms with van der Waals surface area (Å²) in [7, 11) is 0. The molecule has 1 unspecified atom stereocenters. The van der Waals surface area contributed by atoms with Crippen molar-refractivity contribution in [3.05, 3.63) is 50.9 Å². The predicted molar refractivity (Wildman–Crippen MR) is 80.4 cm³/mol. The third kappa shape index (κ3) is 3.02. The highest BCUT2D eigenvalue weighted by molar-refractivity contribution is 9.11. The van der Waals surface area contributed by atoms with Crippen LogP contribution in [0.1, 0.15) is 24.4 Å². The van der Waals surface area contributed by atoms with Gasteiger partial charge in [0, 0.05) is 40.3 Å². The number of imidazole rings is 1. The van der Waals surface area contributed by atoms with E-state index in [1.807, 2.05) is 30.6 Å². The average Bonchev–Trinajstić information content (AvgIpc) is 2.76. The van der Waals surface area contributed by atoms with Crippen molar-refractivity contribution >= 4 is 31.9 Å². The Balaban J connectivity index is 2.19. The van der Waals surface area contributed by atoms with Gasteiger partial charge in [-0.1, -0.05) is 37.9 Å². The van der Waals surface area contributed by atoms with Crippen molar-refractivity contribution in [2.24, 2.45) is 5.73 Å². The Kier molecular flexibility index (Phi) is 4.59. The third-order valence-electron chi connectivity index (χ3n) is 2.91. The summed E-state index contributed by atoms with van der Waals surface area (Å²) in [6.45, 7) is 3.02. The number of rotatable bonds is 4. The van der Waals surface area contributed by atoms with Gasteiger partial charge in [-0.3, -0.25) is 0 Å². The molecule has 1 aromatic carbocycles. The van der Waals surface area contributed by atoms with Crippen LogP contribution in [-0.2, 0) is 13.0 Å². The topological polar surface area (TPSA) is 43.8 Å². The highest BCUT2D eigenvalue weighted by Gasteiger charge is 2.13. The molecule has 1 heterocycles. The number of halogens is 2. The largest absolute Gasteiger partial charge is 0.335 e. The molecule has 3 nitrogen and oxygen atoms in total. The fraction of sp³-hybridized carbons (Fsp3) is 0.308. The molecule has 0 aliphatic heterocycles. The van der Waals surface area contributed by atoms with E-state index in [1.165, 1.54) is 0 Å². The van der Waals surface area contributed by atoms with Gasteiger partial charge in [0.1, 0.15) is 5.82 Å². The molecule has 0 aliphatic rings. The van der Waals surface area contributed by atoms with E-state index in [1.54, 1.807) is 0 Å². The van der Waals surface area contributed by atoms with E-state index in [0.717, 1.165) is 33.3 Å². The molecule has 0 fully saturated rings. The summed E-state index contributed by atoms with van der Waals surface area (Å²) < 4.78 is 4.19. The minimum Gasteiger partial charge on any atom is -0.335 e. The molecular weight excluding hydrogens is 358 g/mol. The third-order valence-corrected chi connectivity index (χ3v) is 4.09. The normalized spacial score (nSPS) is 12.7. The first kappa shape index (κ1) is 13.8. The van der Waals surface area contributed by atoms with Crippen LogP contribution >= 0.6 is 31.9 Å². The molecule has 18 heavy (non-hydrogen) atoms. The summed E-state index contributed by atoms with van der Waals surface area (Å²) in [5, 5.41) is 0. The number of nitrogens with two attached hydrogens (primary N) is 1. The maximum absolute atomic E-state index is 6.26. The summed E-state index contributed by atoms with van der Waals surface area (Å²) in [5.74, 6) is 1.03. The Labute approximate surface area is 124 Å². The molecule has 0 amide bonds. The average molecular weight is 373 g/mol. The molecule has 2 aromatic rings. The summed E-state index contributed by atoms with van der Waals surface area (Å²) in [6, 6.07) is 6.01. The van der Waals surface area contributed by atoms with Gasteiger partial charge in [-0.15, -0.1) is 0 Å². The quantitative estimate of drug-likeness (QED) is 0.889. The first-order chi connectivity index (χ1) is 8.61. The van der Waals surface area contributed by atoms with Crippen LogP contribution < -0.4 is 5.73 Å². The van der Waals surface area contributed by atoms with Crippen molar-refractivity contribution in [1.82, 2.24) is 9.55 Å². The number of aromatic nitrogens is 2. The fourth-order valence-electron chi connectivity index (χ4n) is 1.93. The molecule has 2 N–H and O–H groups in total. The van der Waals surface area contributed by atoms with Gasteiger partial charge < -0.3 is 10.3 Å². The summed E-state index contributed by atoms with van der Waals surface area (Å²) in [4.78, 5) is 4.36. The predicted octanol–water partition coefficient (Wildman–Crippen LogP) is 3.67. The lowest BCUT2D eigenvalue weighted by molar-refractivity contribution is 0.626. The van der Waals surface area contributed by atoms with Gasteiger partial charge in [0.25, 0.3) is 0 Å². The number of hydrogen-bond acceptors (Lipinski definition) is 2. The van der Waals surface area contributed by atoms with Crippen molar-refractivity contribution in [1.29, 1.82) is 0 Å². The van der Waals surface area contributed by atoms with E-state index in [-0.39, 0.29) is 6.04 Å². The van der Waals surface area contributed by atoms with Gasteiger partial charge in [0.15, 0.2) is 0 Å². The summed E-state index contributed by atoms with van der Waals surface area (Å²) in [5.41, 5.74) is 7.36.